The number of fused-ring (bicyclic) bond motifs is 1. The van der Waals surface area contributed by atoms with Gasteiger partial charge in [0, 0.05) is 13.7 Å². The summed E-state index contributed by atoms with van der Waals surface area (Å²) < 4.78 is 11.4. The molecule has 0 aliphatic carbocycles. The second-order valence-electron chi connectivity index (χ2n) is 5.01. The zero-order valence-corrected chi connectivity index (χ0v) is 14.9. The highest BCUT2D eigenvalue weighted by Gasteiger charge is 2.12. The van der Waals surface area contributed by atoms with Gasteiger partial charge < -0.3 is 14.8 Å². The number of benzene rings is 1. The maximum Gasteiger partial charge on any atom is 0.261 e. The van der Waals surface area contributed by atoms with Gasteiger partial charge in [-0.2, -0.15) is 0 Å². The zero-order chi connectivity index (χ0) is 16.8. The number of hydrogen-bond donors (Lipinski definition) is 1. The second-order valence-corrected chi connectivity index (χ2v) is 7.13. The van der Waals surface area contributed by atoms with Crippen molar-refractivity contribution in [3.63, 3.8) is 0 Å². The topological polar surface area (TPSA) is 60.5 Å². The van der Waals surface area contributed by atoms with Crippen LogP contribution in [0.1, 0.15) is 9.67 Å². The molecular weight excluding hydrogens is 344 g/mol. The van der Waals surface area contributed by atoms with Crippen LogP contribution in [0.15, 0.2) is 36.4 Å². The van der Waals surface area contributed by atoms with Crippen LogP contribution >= 0.6 is 22.7 Å². The first-order valence-electron chi connectivity index (χ1n) is 7.58. The maximum atomic E-state index is 12.2. The Morgan fingerprint density at radius 1 is 1.12 bits per heavy atom. The van der Waals surface area contributed by atoms with Crippen LogP contribution in [0.5, 0.6) is 0 Å². The molecule has 3 aromatic rings. The fourth-order valence-corrected chi connectivity index (χ4v) is 4.06. The average molecular weight is 362 g/mol. The molecule has 0 aliphatic heterocycles. The highest BCUT2D eigenvalue weighted by Crippen LogP contribution is 2.34. The van der Waals surface area contributed by atoms with Crippen LogP contribution < -0.4 is 5.32 Å². The van der Waals surface area contributed by atoms with E-state index in [-0.39, 0.29) is 5.91 Å². The lowest BCUT2D eigenvalue weighted by atomic mass is 10.3. The van der Waals surface area contributed by atoms with Crippen LogP contribution in [0.2, 0.25) is 0 Å². The number of carbonyl (C=O) groups excluding carboxylic acids is 1. The monoisotopic (exact) mass is 362 g/mol. The van der Waals surface area contributed by atoms with Gasteiger partial charge in [-0.15, -0.1) is 22.7 Å². The summed E-state index contributed by atoms with van der Waals surface area (Å²) in [6, 6.07) is 11.8. The molecule has 1 aromatic carbocycles. The van der Waals surface area contributed by atoms with Crippen molar-refractivity contribution in [1.29, 1.82) is 0 Å². The Hall–Kier alpha value is -1.80. The number of carbonyl (C=O) groups is 1. The quantitative estimate of drug-likeness (QED) is 0.624. The average Bonchev–Trinajstić information content (AvgIpc) is 3.24. The molecular formula is C17H18N2O3S2. The number of nitrogens with zero attached hydrogens (tertiary/aromatic N) is 1. The van der Waals surface area contributed by atoms with Crippen LogP contribution in [0.4, 0.5) is 0 Å². The molecule has 126 valence electrons. The molecule has 1 amide bonds. The molecule has 2 aromatic heterocycles. The van der Waals surface area contributed by atoms with Gasteiger partial charge in [0.05, 0.1) is 39.8 Å². The lowest BCUT2D eigenvalue weighted by molar-refractivity contribution is 0.0693. The summed E-state index contributed by atoms with van der Waals surface area (Å²) in [6.45, 7) is 2.06. The first-order chi connectivity index (χ1) is 11.8. The lowest BCUT2D eigenvalue weighted by Crippen LogP contribution is -2.26. The Labute approximate surface area is 148 Å². The van der Waals surface area contributed by atoms with Gasteiger partial charge in [-0.25, -0.2) is 4.98 Å². The maximum absolute atomic E-state index is 12.2. The number of rotatable bonds is 8. The number of para-hydroxylation sites is 1. The molecule has 0 aliphatic rings. The fraction of sp³-hybridized carbons (Fsp3) is 0.294. The molecule has 24 heavy (non-hydrogen) atoms. The van der Waals surface area contributed by atoms with Gasteiger partial charge in [-0.05, 0) is 24.3 Å². The molecule has 7 heteroatoms. The Morgan fingerprint density at radius 2 is 2.00 bits per heavy atom. The van der Waals surface area contributed by atoms with Gasteiger partial charge in [-0.3, -0.25) is 4.79 Å². The molecule has 0 fully saturated rings. The van der Waals surface area contributed by atoms with Gasteiger partial charge in [0.25, 0.3) is 5.91 Å². The molecule has 0 saturated carbocycles. The van der Waals surface area contributed by atoms with Crippen LogP contribution in [0.25, 0.3) is 20.1 Å². The summed E-state index contributed by atoms with van der Waals surface area (Å²) >= 11 is 3.10. The molecule has 3 rings (SSSR count). The van der Waals surface area contributed by atoms with E-state index in [1.165, 1.54) is 11.3 Å². The van der Waals surface area contributed by atoms with Crippen LogP contribution in [-0.4, -0.2) is 44.4 Å². The normalized spacial score (nSPS) is 11.0. The molecule has 2 heterocycles. The number of ether oxygens (including phenoxy) is 2. The van der Waals surface area contributed by atoms with Crippen molar-refractivity contribution in [2.24, 2.45) is 0 Å². The number of aromatic nitrogens is 1. The summed E-state index contributed by atoms with van der Waals surface area (Å²) in [5, 5.41) is 3.80. The summed E-state index contributed by atoms with van der Waals surface area (Å²) in [4.78, 5) is 18.5. The largest absolute Gasteiger partial charge is 0.382 e. The molecule has 0 saturated heterocycles. The lowest BCUT2D eigenvalue weighted by Gasteiger charge is -2.04. The van der Waals surface area contributed by atoms with Crippen molar-refractivity contribution in [3.8, 4) is 9.88 Å². The van der Waals surface area contributed by atoms with E-state index in [1.54, 1.807) is 18.4 Å². The molecule has 0 spiro atoms. The van der Waals surface area contributed by atoms with Crippen molar-refractivity contribution in [1.82, 2.24) is 10.3 Å². The number of thiazole rings is 1. The molecule has 1 N–H and O–H groups in total. The van der Waals surface area contributed by atoms with Crippen LogP contribution in [0.3, 0.4) is 0 Å². The standard InChI is InChI=1S/C17H18N2O3S2/c1-21-10-11-22-9-8-18-16(20)14-6-7-15(23-14)17-19-12-4-2-3-5-13(12)24-17/h2-7H,8-11H2,1H3,(H,18,20). The first-order valence-corrected chi connectivity index (χ1v) is 9.22. The number of methoxy groups -OCH3 is 1. The minimum atomic E-state index is -0.0808. The number of thiophene rings is 1. The highest BCUT2D eigenvalue weighted by atomic mass is 32.1. The first kappa shape index (κ1) is 17.0. The van der Waals surface area contributed by atoms with E-state index >= 15 is 0 Å². The van der Waals surface area contributed by atoms with E-state index in [0.29, 0.717) is 31.2 Å². The van der Waals surface area contributed by atoms with E-state index in [0.717, 1.165) is 20.1 Å². The number of hydrogen-bond acceptors (Lipinski definition) is 6. The third kappa shape index (κ3) is 4.18. The molecule has 0 atom stereocenters. The predicted octanol–water partition coefficient (Wildman–Crippen LogP) is 3.42. The molecule has 0 unspecified atom stereocenters. The third-order valence-corrected chi connectivity index (χ3v) is 5.59. The van der Waals surface area contributed by atoms with Crippen LogP contribution in [0, 0.1) is 0 Å². The molecule has 5 nitrogen and oxygen atoms in total. The van der Waals surface area contributed by atoms with Gasteiger partial charge in [-0.1, -0.05) is 12.1 Å². The smallest absolute Gasteiger partial charge is 0.261 e. The zero-order valence-electron chi connectivity index (χ0n) is 13.3. The Balaban J connectivity index is 1.57. The minimum Gasteiger partial charge on any atom is -0.382 e. The van der Waals surface area contributed by atoms with Gasteiger partial charge in [0.15, 0.2) is 0 Å². The molecule has 0 radical (unpaired) electrons. The SMILES string of the molecule is COCCOCCNC(=O)c1ccc(-c2nc3ccccc3s2)s1. The van der Waals surface area contributed by atoms with Gasteiger partial charge in [0.2, 0.25) is 0 Å². The van der Waals surface area contributed by atoms with Gasteiger partial charge in [0.1, 0.15) is 5.01 Å². The van der Waals surface area contributed by atoms with E-state index in [4.69, 9.17) is 9.47 Å². The van der Waals surface area contributed by atoms with Crippen molar-refractivity contribution >= 4 is 38.8 Å². The van der Waals surface area contributed by atoms with Crippen molar-refractivity contribution in [2.75, 3.05) is 33.5 Å². The Morgan fingerprint density at radius 3 is 2.83 bits per heavy atom. The van der Waals surface area contributed by atoms with E-state index < -0.39 is 0 Å². The van der Waals surface area contributed by atoms with E-state index in [2.05, 4.69) is 16.4 Å². The summed E-state index contributed by atoms with van der Waals surface area (Å²) in [5.41, 5.74) is 0.991. The molecule has 0 bridgehead atoms. The van der Waals surface area contributed by atoms with Crippen molar-refractivity contribution in [2.45, 2.75) is 0 Å². The Kier molecular flexibility index (Phi) is 5.92. The number of amides is 1. The van der Waals surface area contributed by atoms with Gasteiger partial charge >= 0.3 is 0 Å². The van der Waals surface area contributed by atoms with E-state index in [1.807, 2.05) is 30.3 Å². The third-order valence-electron chi connectivity index (χ3n) is 3.30. The summed E-state index contributed by atoms with van der Waals surface area (Å²) in [5.74, 6) is -0.0808. The Bertz CT molecular complexity index is 780. The summed E-state index contributed by atoms with van der Waals surface area (Å²) in [6.07, 6.45) is 0. The van der Waals surface area contributed by atoms with Crippen LogP contribution in [-0.2, 0) is 9.47 Å². The fourth-order valence-electron chi connectivity index (χ4n) is 2.12. The van der Waals surface area contributed by atoms with Crippen molar-refractivity contribution < 1.29 is 14.3 Å². The predicted molar refractivity (Wildman–Crippen MR) is 98.0 cm³/mol. The van der Waals surface area contributed by atoms with E-state index in [9.17, 15) is 4.79 Å². The highest BCUT2D eigenvalue weighted by molar-refractivity contribution is 7.26. The van der Waals surface area contributed by atoms with Crippen molar-refractivity contribution in [3.05, 3.63) is 41.3 Å². The summed E-state index contributed by atoms with van der Waals surface area (Å²) in [7, 11) is 1.63. The second kappa shape index (κ2) is 8.34. The number of nitrogens with one attached hydrogen (secondary N) is 1. The minimum absolute atomic E-state index is 0.0808.